The van der Waals surface area contributed by atoms with Gasteiger partial charge in [0.15, 0.2) is 0 Å². The smallest absolute Gasteiger partial charge is 0.136 e. The van der Waals surface area contributed by atoms with Gasteiger partial charge in [-0.1, -0.05) is 12.5 Å². The molecule has 2 unspecified atom stereocenters. The van der Waals surface area contributed by atoms with Crippen LogP contribution in [0.1, 0.15) is 30.4 Å². The van der Waals surface area contributed by atoms with Crippen LogP contribution in [0.2, 0.25) is 0 Å². The highest BCUT2D eigenvalue weighted by molar-refractivity contribution is 5.45. The maximum Gasteiger partial charge on any atom is 0.136 e. The molecule has 2 atom stereocenters. The molecule has 1 saturated carbocycles. The largest absolute Gasteiger partial charge is 0.495 e. The number of methoxy groups -OCH3 is 1. The van der Waals surface area contributed by atoms with Gasteiger partial charge in [-0.25, -0.2) is 0 Å². The number of rotatable bonds is 5. The number of nitrogens with zero attached hydrogens (tertiary/aromatic N) is 1. The highest BCUT2D eigenvalue weighted by atomic mass is 16.5. The van der Waals surface area contributed by atoms with Crippen LogP contribution in [0.5, 0.6) is 5.75 Å². The van der Waals surface area contributed by atoms with Crippen LogP contribution in [0.3, 0.4) is 0 Å². The van der Waals surface area contributed by atoms with Crippen LogP contribution in [-0.4, -0.2) is 19.8 Å². The molecule has 1 aliphatic carbocycles. The van der Waals surface area contributed by atoms with Crippen molar-refractivity contribution in [2.45, 2.75) is 32.0 Å². The quantitative estimate of drug-likeness (QED) is 0.881. The molecule has 1 aliphatic rings. The number of ether oxygens (including phenoxy) is 2. The third-order valence-electron chi connectivity index (χ3n) is 3.74. The van der Waals surface area contributed by atoms with Crippen molar-refractivity contribution >= 4 is 0 Å². The molecule has 0 bridgehead atoms. The minimum absolute atomic E-state index is 0.270. The van der Waals surface area contributed by atoms with E-state index < -0.39 is 0 Å². The molecular formula is C15H20N2O2. The van der Waals surface area contributed by atoms with E-state index in [1.54, 1.807) is 13.2 Å². The summed E-state index contributed by atoms with van der Waals surface area (Å²) < 4.78 is 11.1. The first-order chi connectivity index (χ1) is 9.28. The standard InChI is InChI=1S/C15H20N2O2/c1-18-15-7-11(5-6-13(15)9-17)10-19-14-4-2-3-12(14)8-16/h5-7,12,14H,2-4,8,10,16H2,1H3. The Hall–Kier alpha value is -1.57. The fourth-order valence-corrected chi connectivity index (χ4v) is 2.61. The summed E-state index contributed by atoms with van der Waals surface area (Å²) in [6.07, 6.45) is 3.72. The topological polar surface area (TPSA) is 68.3 Å². The molecule has 0 amide bonds. The Labute approximate surface area is 114 Å². The van der Waals surface area contributed by atoms with Crippen molar-refractivity contribution in [3.63, 3.8) is 0 Å². The van der Waals surface area contributed by atoms with Crippen LogP contribution in [0, 0.1) is 17.2 Å². The van der Waals surface area contributed by atoms with E-state index in [-0.39, 0.29) is 6.10 Å². The first-order valence-electron chi connectivity index (χ1n) is 6.67. The second-order valence-corrected chi connectivity index (χ2v) is 4.92. The van der Waals surface area contributed by atoms with E-state index in [1.807, 2.05) is 12.1 Å². The Morgan fingerprint density at radius 3 is 2.95 bits per heavy atom. The first kappa shape index (κ1) is 13.9. The van der Waals surface area contributed by atoms with Crippen molar-refractivity contribution in [1.29, 1.82) is 5.26 Å². The summed E-state index contributed by atoms with van der Waals surface area (Å²) in [6, 6.07) is 7.65. The fourth-order valence-electron chi connectivity index (χ4n) is 2.61. The van der Waals surface area contributed by atoms with E-state index in [0.717, 1.165) is 18.4 Å². The van der Waals surface area contributed by atoms with Gasteiger partial charge in [0.05, 0.1) is 25.4 Å². The highest BCUT2D eigenvalue weighted by Crippen LogP contribution is 2.28. The van der Waals surface area contributed by atoms with Crippen molar-refractivity contribution < 1.29 is 9.47 Å². The summed E-state index contributed by atoms with van der Waals surface area (Å²) in [5.74, 6) is 1.09. The molecule has 1 aromatic rings. The molecule has 19 heavy (non-hydrogen) atoms. The second kappa shape index (κ2) is 6.55. The molecule has 1 fully saturated rings. The maximum atomic E-state index is 8.93. The van der Waals surface area contributed by atoms with Gasteiger partial charge in [0.25, 0.3) is 0 Å². The van der Waals surface area contributed by atoms with Gasteiger partial charge in [0.1, 0.15) is 11.8 Å². The number of hydrogen-bond donors (Lipinski definition) is 1. The lowest BCUT2D eigenvalue weighted by Gasteiger charge is -2.18. The van der Waals surface area contributed by atoms with Crippen LogP contribution in [-0.2, 0) is 11.3 Å². The van der Waals surface area contributed by atoms with Crippen molar-refractivity contribution in [3.05, 3.63) is 29.3 Å². The van der Waals surface area contributed by atoms with Crippen LogP contribution in [0.4, 0.5) is 0 Å². The van der Waals surface area contributed by atoms with E-state index in [9.17, 15) is 0 Å². The van der Waals surface area contributed by atoms with Gasteiger partial charge in [-0.3, -0.25) is 0 Å². The van der Waals surface area contributed by atoms with Crippen molar-refractivity contribution in [2.24, 2.45) is 11.7 Å². The molecular weight excluding hydrogens is 240 g/mol. The van der Waals surface area contributed by atoms with Gasteiger partial charge in [-0.2, -0.15) is 5.26 Å². The molecule has 0 saturated heterocycles. The van der Waals surface area contributed by atoms with E-state index in [0.29, 0.717) is 30.4 Å². The molecule has 2 N–H and O–H groups in total. The Kier molecular flexibility index (Phi) is 4.78. The maximum absolute atomic E-state index is 8.93. The number of nitrogens with two attached hydrogens (primary N) is 1. The van der Waals surface area contributed by atoms with Gasteiger partial charge >= 0.3 is 0 Å². The van der Waals surface area contributed by atoms with Crippen molar-refractivity contribution in [3.8, 4) is 11.8 Å². The lowest BCUT2D eigenvalue weighted by atomic mass is 10.1. The second-order valence-electron chi connectivity index (χ2n) is 4.92. The van der Waals surface area contributed by atoms with E-state index in [2.05, 4.69) is 6.07 Å². The lowest BCUT2D eigenvalue weighted by molar-refractivity contribution is 0.0182. The summed E-state index contributed by atoms with van der Waals surface area (Å²) in [5.41, 5.74) is 7.32. The van der Waals surface area contributed by atoms with E-state index in [1.165, 1.54) is 6.42 Å². The molecule has 0 aliphatic heterocycles. The van der Waals surface area contributed by atoms with E-state index in [4.69, 9.17) is 20.5 Å². The summed E-state index contributed by atoms with van der Waals surface area (Å²) in [7, 11) is 1.57. The Balaban J connectivity index is 1.98. The molecule has 0 radical (unpaired) electrons. The predicted molar refractivity (Wildman–Crippen MR) is 72.7 cm³/mol. The minimum Gasteiger partial charge on any atom is -0.495 e. The fraction of sp³-hybridized carbons (Fsp3) is 0.533. The third kappa shape index (κ3) is 3.25. The number of hydrogen-bond acceptors (Lipinski definition) is 4. The molecule has 102 valence electrons. The van der Waals surface area contributed by atoms with Crippen LogP contribution in [0.25, 0.3) is 0 Å². The molecule has 0 spiro atoms. The molecule has 0 heterocycles. The average Bonchev–Trinajstić information content (AvgIpc) is 2.92. The van der Waals surface area contributed by atoms with Gasteiger partial charge in [-0.05, 0) is 43.0 Å². The van der Waals surface area contributed by atoms with Gasteiger partial charge in [0.2, 0.25) is 0 Å². The Bertz CT molecular complexity index is 468. The summed E-state index contributed by atoms with van der Waals surface area (Å²) in [6.45, 7) is 1.24. The average molecular weight is 260 g/mol. The molecule has 0 aromatic heterocycles. The van der Waals surface area contributed by atoms with Crippen LogP contribution in [0.15, 0.2) is 18.2 Å². The normalized spacial score (nSPS) is 22.2. The number of benzene rings is 1. The molecule has 2 rings (SSSR count). The number of nitriles is 1. The van der Waals surface area contributed by atoms with Crippen molar-refractivity contribution in [1.82, 2.24) is 0 Å². The molecule has 4 heteroatoms. The van der Waals surface area contributed by atoms with Gasteiger partial charge in [-0.15, -0.1) is 0 Å². The van der Waals surface area contributed by atoms with Gasteiger partial charge in [0, 0.05) is 0 Å². The first-order valence-corrected chi connectivity index (χ1v) is 6.67. The minimum atomic E-state index is 0.270. The third-order valence-corrected chi connectivity index (χ3v) is 3.74. The Morgan fingerprint density at radius 1 is 1.42 bits per heavy atom. The lowest BCUT2D eigenvalue weighted by Crippen LogP contribution is -2.25. The highest BCUT2D eigenvalue weighted by Gasteiger charge is 2.26. The Morgan fingerprint density at radius 2 is 2.26 bits per heavy atom. The summed E-state index contributed by atoms with van der Waals surface area (Å²) in [5, 5.41) is 8.93. The zero-order valence-corrected chi connectivity index (χ0v) is 11.3. The van der Waals surface area contributed by atoms with Crippen LogP contribution < -0.4 is 10.5 Å². The van der Waals surface area contributed by atoms with Crippen LogP contribution >= 0.6 is 0 Å². The van der Waals surface area contributed by atoms with E-state index >= 15 is 0 Å². The summed E-state index contributed by atoms with van der Waals surface area (Å²) in [4.78, 5) is 0. The molecule has 1 aromatic carbocycles. The van der Waals surface area contributed by atoms with Gasteiger partial charge < -0.3 is 15.2 Å². The molecule has 4 nitrogen and oxygen atoms in total. The SMILES string of the molecule is COc1cc(COC2CCCC2CN)ccc1C#N. The predicted octanol–water partition coefficient (Wildman–Crippen LogP) is 2.21. The zero-order valence-electron chi connectivity index (χ0n) is 11.3. The zero-order chi connectivity index (χ0) is 13.7. The monoisotopic (exact) mass is 260 g/mol. The van der Waals surface area contributed by atoms with Crippen molar-refractivity contribution in [2.75, 3.05) is 13.7 Å². The summed E-state index contributed by atoms with van der Waals surface area (Å²) >= 11 is 0.